The molecule has 0 saturated carbocycles. The minimum Gasteiger partial charge on any atom is -0.431 e. The van der Waals surface area contributed by atoms with E-state index in [-0.39, 0.29) is 17.3 Å². The van der Waals surface area contributed by atoms with Crippen LogP contribution in [0.1, 0.15) is 63.9 Å². The molecule has 9 heteroatoms. The Morgan fingerprint density at radius 1 is 1.22 bits per heavy atom. The van der Waals surface area contributed by atoms with E-state index in [9.17, 15) is 4.79 Å². The van der Waals surface area contributed by atoms with Crippen molar-refractivity contribution in [2.24, 2.45) is 4.99 Å². The number of benzene rings is 1. The summed E-state index contributed by atoms with van der Waals surface area (Å²) < 4.78 is 6.00. The van der Waals surface area contributed by atoms with Crippen molar-refractivity contribution in [3.63, 3.8) is 0 Å². The molecule has 0 spiro atoms. The maximum absolute atomic E-state index is 13.7. The molecule has 1 aromatic carbocycles. The number of amides is 1. The lowest BCUT2D eigenvalue weighted by Gasteiger charge is -2.28. The van der Waals surface area contributed by atoms with E-state index in [4.69, 9.17) is 16.3 Å². The first kappa shape index (κ1) is 29.1. The van der Waals surface area contributed by atoms with Crippen LogP contribution in [0.25, 0.3) is 5.69 Å². The number of alkyl halides is 1. The third-order valence-electron chi connectivity index (χ3n) is 5.70. The molecule has 36 heavy (non-hydrogen) atoms. The molecular weight excluding hydrogens is 476 g/mol. The van der Waals surface area contributed by atoms with Crippen LogP contribution in [-0.2, 0) is 4.74 Å². The summed E-state index contributed by atoms with van der Waals surface area (Å²) >= 11 is 6.02. The Morgan fingerprint density at radius 3 is 2.56 bits per heavy atom. The predicted molar refractivity (Wildman–Crippen MR) is 147 cm³/mol. The van der Waals surface area contributed by atoms with Gasteiger partial charge in [0, 0.05) is 31.9 Å². The summed E-state index contributed by atoms with van der Waals surface area (Å²) in [4.78, 5) is 23.7. The Hall–Kier alpha value is -3.13. The highest BCUT2D eigenvalue weighted by Crippen LogP contribution is 2.21. The number of carbonyl (C=O) groups is 1. The fourth-order valence-corrected chi connectivity index (χ4v) is 3.71. The average Bonchev–Trinajstić information content (AvgIpc) is 3.33. The van der Waals surface area contributed by atoms with Crippen molar-refractivity contribution in [1.29, 1.82) is 0 Å². The molecule has 1 aliphatic rings. The number of aromatic nitrogens is 3. The zero-order valence-electron chi connectivity index (χ0n) is 22.5. The molecule has 1 aliphatic heterocycles. The van der Waals surface area contributed by atoms with Crippen LogP contribution in [0.3, 0.4) is 0 Å². The first-order valence-corrected chi connectivity index (χ1v) is 13.0. The van der Waals surface area contributed by atoms with Gasteiger partial charge in [0.15, 0.2) is 0 Å². The van der Waals surface area contributed by atoms with E-state index in [2.05, 4.69) is 27.0 Å². The van der Waals surface area contributed by atoms with Crippen molar-refractivity contribution in [1.82, 2.24) is 24.8 Å². The van der Waals surface area contributed by atoms with Crippen LogP contribution in [-0.4, -0.2) is 67.8 Å². The standard InChI is InChI=1S/C25H33ClN6O2.C2H6/c1-6-21(5)34-25(27-11-9-19(3)26)30-14-10-20(4)31(16-15-30)24(33)22-17-18(2)7-8-23(22)32-28-12-13-29-32;1-2/h6-9,11-13,17,19-20H,10,14-16H2,1-5H3;1-2H3/b11-9+,21-6+,27-25?;/t19?,20-;/m1./s1. The van der Waals surface area contributed by atoms with Gasteiger partial charge in [0.25, 0.3) is 11.9 Å². The van der Waals surface area contributed by atoms with Crippen LogP contribution in [0.15, 0.2) is 59.7 Å². The Kier molecular flexibility index (Phi) is 11.7. The van der Waals surface area contributed by atoms with Crippen LogP contribution >= 0.6 is 11.6 Å². The number of rotatable bonds is 5. The molecule has 0 N–H and O–H groups in total. The monoisotopic (exact) mass is 514 g/mol. The molecule has 0 bridgehead atoms. The molecule has 1 fully saturated rings. The Morgan fingerprint density at radius 2 is 1.92 bits per heavy atom. The highest BCUT2D eigenvalue weighted by molar-refractivity contribution is 6.21. The second kappa shape index (κ2) is 14.4. The van der Waals surface area contributed by atoms with Gasteiger partial charge in [-0.1, -0.05) is 25.5 Å². The zero-order chi connectivity index (χ0) is 26.7. The fourth-order valence-electron chi connectivity index (χ4n) is 3.64. The third kappa shape index (κ3) is 7.95. The second-order valence-electron chi connectivity index (χ2n) is 8.39. The predicted octanol–water partition coefficient (Wildman–Crippen LogP) is 5.58. The molecule has 1 aromatic heterocycles. The van der Waals surface area contributed by atoms with E-state index >= 15 is 0 Å². The number of nitrogens with zero attached hydrogens (tertiary/aromatic N) is 6. The number of hydrogen-bond donors (Lipinski definition) is 0. The average molecular weight is 515 g/mol. The quantitative estimate of drug-likeness (QED) is 0.225. The number of halogens is 1. The van der Waals surface area contributed by atoms with Crippen molar-refractivity contribution < 1.29 is 9.53 Å². The molecule has 1 saturated heterocycles. The summed E-state index contributed by atoms with van der Waals surface area (Å²) in [5.74, 6) is 0.720. The molecule has 8 nitrogen and oxygen atoms in total. The fraction of sp³-hybridized carbons (Fsp3) is 0.481. The lowest BCUT2D eigenvalue weighted by Crippen LogP contribution is -2.41. The Labute approximate surface area is 220 Å². The Bertz CT molecular complexity index is 1060. The lowest BCUT2D eigenvalue weighted by atomic mass is 10.1. The maximum atomic E-state index is 13.7. The molecule has 2 heterocycles. The van der Waals surface area contributed by atoms with Crippen molar-refractivity contribution in [2.45, 2.75) is 66.3 Å². The number of aliphatic imine (C=N–C) groups is 1. The number of amidine groups is 1. The van der Waals surface area contributed by atoms with Crippen molar-refractivity contribution in [3.05, 3.63) is 65.8 Å². The number of carbonyl (C=O) groups excluding carboxylic acids is 1. The van der Waals surface area contributed by atoms with Crippen molar-refractivity contribution in [2.75, 3.05) is 19.6 Å². The largest absolute Gasteiger partial charge is 0.431 e. The van der Waals surface area contributed by atoms with Gasteiger partial charge in [-0.2, -0.15) is 15.0 Å². The smallest absolute Gasteiger partial charge is 0.297 e. The number of ether oxygens (including phenoxy) is 1. The van der Waals surface area contributed by atoms with Crippen LogP contribution in [0.5, 0.6) is 0 Å². The summed E-state index contributed by atoms with van der Waals surface area (Å²) in [7, 11) is 0. The zero-order valence-corrected chi connectivity index (χ0v) is 23.2. The first-order chi connectivity index (χ1) is 17.3. The minimum atomic E-state index is -0.127. The molecule has 2 aromatic rings. The number of hydrogen-bond acceptors (Lipinski definition) is 5. The van der Waals surface area contributed by atoms with Gasteiger partial charge in [-0.25, -0.2) is 4.99 Å². The van der Waals surface area contributed by atoms with Gasteiger partial charge < -0.3 is 14.5 Å². The Balaban J connectivity index is 0.00000222. The maximum Gasteiger partial charge on any atom is 0.297 e. The van der Waals surface area contributed by atoms with E-state index in [1.807, 2.05) is 70.7 Å². The van der Waals surface area contributed by atoms with E-state index < -0.39 is 0 Å². The first-order valence-electron chi connectivity index (χ1n) is 12.5. The molecule has 196 valence electrons. The molecular formula is C27H39ClN6O2. The second-order valence-corrected chi connectivity index (χ2v) is 9.08. The normalized spacial score (nSPS) is 17.9. The highest BCUT2D eigenvalue weighted by Gasteiger charge is 2.29. The van der Waals surface area contributed by atoms with Gasteiger partial charge in [0.2, 0.25) is 0 Å². The van der Waals surface area contributed by atoms with E-state index in [1.54, 1.807) is 24.7 Å². The van der Waals surface area contributed by atoms with Crippen molar-refractivity contribution >= 4 is 23.5 Å². The van der Waals surface area contributed by atoms with E-state index in [0.717, 1.165) is 17.7 Å². The van der Waals surface area contributed by atoms with Gasteiger partial charge in [-0.15, -0.1) is 11.6 Å². The third-order valence-corrected chi connectivity index (χ3v) is 5.85. The van der Waals surface area contributed by atoms with Gasteiger partial charge in [-0.05, 0) is 65.3 Å². The summed E-state index contributed by atoms with van der Waals surface area (Å²) in [6.45, 7) is 15.6. The SMILES string of the molecule is C/C=C(\C)OC(=N/C=C/C(C)Cl)N1CC[C@@H](C)N(C(=O)c2cc(C)ccc2-n2nccn2)CC1.CC. The summed E-state index contributed by atoms with van der Waals surface area (Å²) in [6.07, 6.45) is 9.35. The van der Waals surface area contributed by atoms with Gasteiger partial charge in [0.05, 0.1) is 29.0 Å². The molecule has 1 amide bonds. The van der Waals surface area contributed by atoms with Crippen molar-refractivity contribution in [3.8, 4) is 5.69 Å². The van der Waals surface area contributed by atoms with Crippen LogP contribution in [0.4, 0.5) is 0 Å². The summed E-state index contributed by atoms with van der Waals surface area (Å²) in [5.41, 5.74) is 2.27. The molecule has 0 radical (unpaired) electrons. The van der Waals surface area contributed by atoms with E-state index in [1.165, 1.54) is 4.80 Å². The highest BCUT2D eigenvalue weighted by atomic mass is 35.5. The lowest BCUT2D eigenvalue weighted by molar-refractivity contribution is 0.0702. The van der Waals surface area contributed by atoms with Crippen LogP contribution in [0, 0.1) is 6.92 Å². The van der Waals surface area contributed by atoms with Gasteiger partial charge >= 0.3 is 0 Å². The van der Waals surface area contributed by atoms with Crippen LogP contribution in [0.2, 0.25) is 0 Å². The van der Waals surface area contributed by atoms with Gasteiger partial charge in [0.1, 0.15) is 5.76 Å². The summed E-state index contributed by atoms with van der Waals surface area (Å²) in [6, 6.07) is 6.29. The van der Waals surface area contributed by atoms with Gasteiger partial charge in [-0.3, -0.25) is 4.79 Å². The molecule has 0 aliphatic carbocycles. The molecule has 3 rings (SSSR count). The number of aryl methyl sites for hydroxylation is 1. The summed E-state index contributed by atoms with van der Waals surface area (Å²) in [5, 5.41) is 8.33. The topological polar surface area (TPSA) is 75.8 Å². The molecule has 1 unspecified atom stereocenters. The minimum absolute atomic E-state index is 0.0368. The molecule has 2 atom stereocenters. The number of allylic oxidation sites excluding steroid dienone is 3. The van der Waals surface area contributed by atoms with E-state index in [0.29, 0.717) is 36.9 Å². The van der Waals surface area contributed by atoms with Crippen LogP contribution < -0.4 is 0 Å².